The molecule has 1 heterocycles. The first-order valence-electron chi connectivity index (χ1n) is 7.94. The van der Waals surface area contributed by atoms with Crippen LogP contribution in [-0.2, 0) is 4.74 Å². The topological polar surface area (TPSA) is 24.5 Å². The maximum absolute atomic E-state index is 14.5. The molecule has 0 aliphatic carbocycles. The maximum Gasteiger partial charge on any atom is 0.146 e. The lowest BCUT2D eigenvalue weighted by Gasteiger charge is -2.38. The molecule has 1 aliphatic heterocycles. The van der Waals surface area contributed by atoms with Crippen LogP contribution in [0.5, 0.6) is 0 Å². The van der Waals surface area contributed by atoms with Crippen molar-refractivity contribution in [2.75, 3.05) is 24.6 Å². The van der Waals surface area contributed by atoms with Gasteiger partial charge in [-0.15, -0.1) is 0 Å². The van der Waals surface area contributed by atoms with Crippen molar-refractivity contribution in [3.8, 4) is 0 Å². The fraction of sp³-hybridized carbons (Fsp3) is 0.647. The Hall–Kier alpha value is -1.13. The van der Waals surface area contributed by atoms with Crippen LogP contribution in [0.2, 0.25) is 0 Å². The molecule has 1 aromatic carbocycles. The van der Waals surface area contributed by atoms with Crippen molar-refractivity contribution in [1.82, 2.24) is 5.32 Å². The molecule has 3 unspecified atom stereocenters. The van der Waals surface area contributed by atoms with E-state index < -0.39 is 0 Å². The number of anilines is 1. The largest absolute Gasteiger partial charge is 0.375 e. The maximum atomic E-state index is 14.5. The summed E-state index contributed by atoms with van der Waals surface area (Å²) in [5, 5.41) is 3.39. The highest BCUT2D eigenvalue weighted by atomic mass is 19.1. The Bertz CT molecular complexity index is 466. The SMILES string of the molecule is CCCNC(C)c1ccc(N2CC(C)OCC2C)c(F)c1. The number of nitrogens with zero attached hydrogens (tertiary/aromatic N) is 1. The molecular formula is C17H27FN2O. The van der Waals surface area contributed by atoms with E-state index in [9.17, 15) is 4.39 Å². The van der Waals surface area contributed by atoms with Crippen molar-refractivity contribution in [3.05, 3.63) is 29.6 Å². The summed E-state index contributed by atoms with van der Waals surface area (Å²) in [6.45, 7) is 10.6. The number of hydrogen-bond acceptors (Lipinski definition) is 3. The van der Waals surface area contributed by atoms with Gasteiger partial charge in [0.1, 0.15) is 5.82 Å². The van der Waals surface area contributed by atoms with Crippen molar-refractivity contribution < 1.29 is 9.13 Å². The van der Waals surface area contributed by atoms with Gasteiger partial charge in [0, 0.05) is 18.6 Å². The average molecular weight is 294 g/mol. The van der Waals surface area contributed by atoms with Crippen molar-refractivity contribution in [3.63, 3.8) is 0 Å². The Morgan fingerprint density at radius 1 is 1.43 bits per heavy atom. The molecule has 1 saturated heterocycles. The van der Waals surface area contributed by atoms with Crippen LogP contribution in [0.4, 0.5) is 10.1 Å². The minimum absolute atomic E-state index is 0.140. The summed E-state index contributed by atoms with van der Waals surface area (Å²) in [5.41, 5.74) is 1.68. The molecule has 2 rings (SSSR count). The molecule has 4 heteroatoms. The van der Waals surface area contributed by atoms with E-state index in [0.29, 0.717) is 12.3 Å². The average Bonchev–Trinajstić information content (AvgIpc) is 2.47. The van der Waals surface area contributed by atoms with E-state index in [-0.39, 0.29) is 24.0 Å². The minimum Gasteiger partial charge on any atom is -0.375 e. The van der Waals surface area contributed by atoms with Crippen molar-refractivity contribution >= 4 is 5.69 Å². The lowest BCUT2D eigenvalue weighted by Crippen LogP contribution is -2.47. The normalized spacial score (nSPS) is 24.1. The van der Waals surface area contributed by atoms with Gasteiger partial charge in [-0.1, -0.05) is 13.0 Å². The van der Waals surface area contributed by atoms with Gasteiger partial charge in [-0.05, 0) is 51.4 Å². The first kappa shape index (κ1) is 16.2. The Balaban J connectivity index is 2.15. The number of halogens is 1. The number of ether oxygens (including phenoxy) is 1. The summed E-state index contributed by atoms with van der Waals surface area (Å²) in [4.78, 5) is 2.11. The van der Waals surface area contributed by atoms with Crippen LogP contribution in [0, 0.1) is 5.82 Å². The van der Waals surface area contributed by atoms with Crippen LogP contribution in [0.1, 0.15) is 45.7 Å². The summed E-state index contributed by atoms with van der Waals surface area (Å²) in [6, 6.07) is 5.98. The molecule has 21 heavy (non-hydrogen) atoms. The van der Waals surface area contributed by atoms with Gasteiger partial charge in [-0.25, -0.2) is 4.39 Å². The van der Waals surface area contributed by atoms with Crippen LogP contribution < -0.4 is 10.2 Å². The Labute approximate surface area is 127 Å². The zero-order valence-electron chi connectivity index (χ0n) is 13.5. The summed E-state index contributed by atoms with van der Waals surface area (Å²) in [5.74, 6) is -0.140. The molecule has 0 radical (unpaired) electrons. The van der Waals surface area contributed by atoms with Gasteiger partial charge in [0.15, 0.2) is 0 Å². The standard InChI is InChI=1S/C17H27FN2O/c1-5-8-19-14(4)15-6-7-17(16(18)9-15)20-10-13(3)21-11-12(20)2/h6-7,9,12-14,19H,5,8,10-11H2,1-4H3. The first-order valence-corrected chi connectivity index (χ1v) is 7.94. The van der Waals surface area contributed by atoms with E-state index in [4.69, 9.17) is 4.74 Å². The summed E-state index contributed by atoms with van der Waals surface area (Å²) in [7, 11) is 0. The smallest absolute Gasteiger partial charge is 0.146 e. The third-order valence-corrected chi connectivity index (χ3v) is 4.09. The molecule has 1 aromatic rings. The van der Waals surface area contributed by atoms with E-state index in [1.807, 2.05) is 19.1 Å². The number of nitrogens with one attached hydrogen (secondary N) is 1. The van der Waals surface area contributed by atoms with E-state index in [2.05, 4.69) is 31.0 Å². The second-order valence-electron chi connectivity index (χ2n) is 6.03. The molecule has 3 atom stereocenters. The number of benzene rings is 1. The van der Waals surface area contributed by atoms with Crippen molar-refractivity contribution in [2.24, 2.45) is 0 Å². The van der Waals surface area contributed by atoms with Crippen molar-refractivity contribution in [1.29, 1.82) is 0 Å². The quantitative estimate of drug-likeness (QED) is 0.899. The lowest BCUT2D eigenvalue weighted by atomic mass is 10.1. The van der Waals surface area contributed by atoms with E-state index in [1.54, 1.807) is 6.07 Å². The van der Waals surface area contributed by atoms with Gasteiger partial charge in [0.25, 0.3) is 0 Å². The van der Waals surface area contributed by atoms with Gasteiger partial charge in [0.05, 0.1) is 18.4 Å². The number of rotatable bonds is 5. The fourth-order valence-electron chi connectivity index (χ4n) is 2.74. The Morgan fingerprint density at radius 2 is 2.19 bits per heavy atom. The molecule has 1 aliphatic rings. The molecule has 118 valence electrons. The molecule has 0 bridgehead atoms. The highest BCUT2D eigenvalue weighted by Crippen LogP contribution is 2.27. The van der Waals surface area contributed by atoms with Crippen LogP contribution in [0.25, 0.3) is 0 Å². The fourth-order valence-corrected chi connectivity index (χ4v) is 2.74. The zero-order valence-corrected chi connectivity index (χ0v) is 13.5. The zero-order chi connectivity index (χ0) is 15.4. The molecular weight excluding hydrogens is 267 g/mol. The van der Waals surface area contributed by atoms with Crippen LogP contribution >= 0.6 is 0 Å². The Kier molecular flexibility index (Phi) is 5.59. The van der Waals surface area contributed by atoms with Gasteiger partial charge in [0.2, 0.25) is 0 Å². The predicted molar refractivity (Wildman–Crippen MR) is 85.3 cm³/mol. The van der Waals surface area contributed by atoms with E-state index >= 15 is 0 Å². The molecule has 3 nitrogen and oxygen atoms in total. The molecule has 0 aromatic heterocycles. The number of morpholine rings is 1. The van der Waals surface area contributed by atoms with E-state index in [1.165, 1.54) is 0 Å². The minimum atomic E-state index is -0.140. The monoisotopic (exact) mass is 294 g/mol. The summed E-state index contributed by atoms with van der Waals surface area (Å²) in [6.07, 6.45) is 1.22. The Morgan fingerprint density at radius 3 is 2.86 bits per heavy atom. The predicted octanol–water partition coefficient (Wildman–Crippen LogP) is 3.50. The molecule has 0 spiro atoms. The lowest BCUT2D eigenvalue weighted by molar-refractivity contribution is 0.0341. The van der Waals surface area contributed by atoms with Crippen LogP contribution in [0.15, 0.2) is 18.2 Å². The summed E-state index contributed by atoms with van der Waals surface area (Å²) < 4.78 is 20.1. The molecule has 0 saturated carbocycles. The second-order valence-corrected chi connectivity index (χ2v) is 6.03. The van der Waals surface area contributed by atoms with Crippen molar-refractivity contribution in [2.45, 2.75) is 52.3 Å². The number of hydrogen-bond donors (Lipinski definition) is 1. The van der Waals surface area contributed by atoms with Gasteiger partial charge in [-0.3, -0.25) is 0 Å². The third-order valence-electron chi connectivity index (χ3n) is 4.09. The molecule has 1 fully saturated rings. The van der Waals surface area contributed by atoms with Crippen LogP contribution in [-0.4, -0.2) is 31.8 Å². The van der Waals surface area contributed by atoms with Gasteiger partial charge < -0.3 is 15.0 Å². The highest BCUT2D eigenvalue weighted by Gasteiger charge is 2.25. The second kappa shape index (κ2) is 7.23. The van der Waals surface area contributed by atoms with Crippen LogP contribution in [0.3, 0.4) is 0 Å². The first-order chi connectivity index (χ1) is 10.0. The highest BCUT2D eigenvalue weighted by molar-refractivity contribution is 5.51. The van der Waals surface area contributed by atoms with Gasteiger partial charge >= 0.3 is 0 Å². The molecule has 0 amide bonds. The third kappa shape index (κ3) is 3.95. The molecule has 1 N–H and O–H groups in total. The summed E-state index contributed by atoms with van der Waals surface area (Å²) >= 11 is 0. The van der Waals surface area contributed by atoms with Gasteiger partial charge in [-0.2, -0.15) is 0 Å². The van der Waals surface area contributed by atoms with E-state index in [0.717, 1.165) is 25.1 Å².